The number of piperazine rings is 2. The SMILES string of the molecule is COc1ccc(CN2CCNC(=O)[C@H]2CC(=O)N2CCN(C)CC2)cc1OC. The Hall–Kier alpha value is -2.32. The van der Waals surface area contributed by atoms with Crippen LogP contribution in [0.2, 0.25) is 0 Å². The van der Waals surface area contributed by atoms with E-state index in [1.54, 1.807) is 14.2 Å². The summed E-state index contributed by atoms with van der Waals surface area (Å²) >= 11 is 0. The van der Waals surface area contributed by atoms with Crippen molar-refractivity contribution in [2.45, 2.75) is 19.0 Å². The Kier molecular flexibility index (Phi) is 6.74. The first-order valence-electron chi connectivity index (χ1n) is 9.70. The number of hydrogen-bond donors (Lipinski definition) is 1. The molecule has 0 bridgehead atoms. The summed E-state index contributed by atoms with van der Waals surface area (Å²) < 4.78 is 10.7. The molecule has 0 aliphatic carbocycles. The second-order valence-electron chi connectivity index (χ2n) is 7.35. The van der Waals surface area contributed by atoms with Crippen LogP contribution in [0.25, 0.3) is 0 Å². The first-order chi connectivity index (χ1) is 13.5. The zero-order chi connectivity index (χ0) is 20.1. The largest absolute Gasteiger partial charge is 0.493 e. The summed E-state index contributed by atoms with van der Waals surface area (Å²) in [6.45, 7) is 5.06. The van der Waals surface area contributed by atoms with Crippen LogP contribution in [0.4, 0.5) is 0 Å². The highest BCUT2D eigenvalue weighted by Crippen LogP contribution is 2.28. The first kappa shape index (κ1) is 20.4. The van der Waals surface area contributed by atoms with Crippen molar-refractivity contribution in [2.24, 2.45) is 0 Å². The van der Waals surface area contributed by atoms with E-state index >= 15 is 0 Å². The molecular weight excluding hydrogens is 360 g/mol. The lowest BCUT2D eigenvalue weighted by Gasteiger charge is -2.37. The predicted octanol–water partition coefficient (Wildman–Crippen LogP) is 0.168. The van der Waals surface area contributed by atoms with Gasteiger partial charge in [0.15, 0.2) is 11.5 Å². The molecule has 1 aromatic carbocycles. The maximum atomic E-state index is 12.8. The average molecular weight is 390 g/mol. The molecule has 0 unspecified atom stereocenters. The molecule has 0 aromatic heterocycles. The molecule has 154 valence electrons. The Morgan fingerprint density at radius 2 is 1.82 bits per heavy atom. The van der Waals surface area contributed by atoms with E-state index in [0.717, 1.165) is 31.7 Å². The van der Waals surface area contributed by atoms with E-state index in [1.165, 1.54) is 0 Å². The fourth-order valence-electron chi connectivity index (χ4n) is 3.74. The second kappa shape index (κ2) is 9.25. The Morgan fingerprint density at radius 3 is 2.50 bits per heavy atom. The van der Waals surface area contributed by atoms with Gasteiger partial charge in [-0.2, -0.15) is 0 Å². The van der Waals surface area contributed by atoms with Crippen molar-refractivity contribution in [2.75, 3.05) is 60.5 Å². The highest BCUT2D eigenvalue weighted by atomic mass is 16.5. The van der Waals surface area contributed by atoms with Gasteiger partial charge in [-0.25, -0.2) is 0 Å². The Morgan fingerprint density at radius 1 is 1.11 bits per heavy atom. The molecule has 28 heavy (non-hydrogen) atoms. The van der Waals surface area contributed by atoms with Gasteiger partial charge in [0.2, 0.25) is 11.8 Å². The number of ether oxygens (including phenoxy) is 2. The van der Waals surface area contributed by atoms with Crippen LogP contribution in [-0.4, -0.2) is 93.1 Å². The third-order valence-corrected chi connectivity index (χ3v) is 5.50. The average Bonchev–Trinajstić information content (AvgIpc) is 2.70. The van der Waals surface area contributed by atoms with E-state index in [9.17, 15) is 9.59 Å². The van der Waals surface area contributed by atoms with Crippen molar-refractivity contribution in [1.29, 1.82) is 0 Å². The molecule has 0 radical (unpaired) electrons. The van der Waals surface area contributed by atoms with Crippen LogP contribution in [0.15, 0.2) is 18.2 Å². The van der Waals surface area contributed by atoms with Crippen LogP contribution < -0.4 is 14.8 Å². The summed E-state index contributed by atoms with van der Waals surface area (Å²) in [6, 6.07) is 5.30. The monoisotopic (exact) mass is 390 g/mol. The number of likely N-dealkylation sites (N-methyl/N-ethyl adjacent to an activating group) is 1. The van der Waals surface area contributed by atoms with E-state index in [-0.39, 0.29) is 18.2 Å². The number of nitrogens with one attached hydrogen (secondary N) is 1. The topological polar surface area (TPSA) is 74.4 Å². The number of methoxy groups -OCH3 is 2. The number of benzene rings is 1. The molecule has 3 rings (SSSR count). The van der Waals surface area contributed by atoms with Crippen molar-refractivity contribution in [3.8, 4) is 11.5 Å². The van der Waals surface area contributed by atoms with Gasteiger partial charge in [-0.15, -0.1) is 0 Å². The van der Waals surface area contributed by atoms with Crippen molar-refractivity contribution >= 4 is 11.8 Å². The number of carbonyl (C=O) groups excluding carboxylic acids is 2. The molecule has 2 aliphatic heterocycles. The lowest BCUT2D eigenvalue weighted by molar-refractivity contribution is -0.140. The molecule has 2 heterocycles. The fraction of sp³-hybridized carbons (Fsp3) is 0.600. The van der Waals surface area contributed by atoms with Crippen LogP contribution in [0, 0.1) is 0 Å². The van der Waals surface area contributed by atoms with Gasteiger partial charge in [0.25, 0.3) is 0 Å². The van der Waals surface area contributed by atoms with Gasteiger partial charge in [0.1, 0.15) is 0 Å². The number of hydrogen-bond acceptors (Lipinski definition) is 6. The third-order valence-electron chi connectivity index (χ3n) is 5.50. The minimum absolute atomic E-state index is 0.0486. The highest BCUT2D eigenvalue weighted by molar-refractivity contribution is 5.88. The summed E-state index contributed by atoms with van der Waals surface area (Å²) in [4.78, 5) is 31.4. The molecule has 0 saturated carbocycles. The van der Waals surface area contributed by atoms with E-state index in [2.05, 4.69) is 22.2 Å². The quantitative estimate of drug-likeness (QED) is 0.746. The van der Waals surface area contributed by atoms with Crippen molar-refractivity contribution in [1.82, 2.24) is 20.0 Å². The van der Waals surface area contributed by atoms with Gasteiger partial charge >= 0.3 is 0 Å². The maximum Gasteiger partial charge on any atom is 0.237 e. The number of amides is 2. The summed E-state index contributed by atoms with van der Waals surface area (Å²) in [5.41, 5.74) is 1.02. The maximum absolute atomic E-state index is 12.8. The summed E-state index contributed by atoms with van der Waals surface area (Å²) in [7, 11) is 5.27. The Balaban J connectivity index is 1.68. The normalized spacial score (nSPS) is 21.3. The van der Waals surface area contributed by atoms with Gasteiger partial charge in [-0.05, 0) is 24.7 Å². The molecule has 2 saturated heterocycles. The molecule has 0 spiro atoms. The molecule has 1 aromatic rings. The standard InChI is InChI=1S/C20H30N4O4/c1-22-8-10-23(11-9-22)19(25)13-16-20(26)21-6-7-24(16)14-15-4-5-17(27-2)18(12-15)28-3/h4-5,12,16H,6-11,13-14H2,1-3H3,(H,21,26)/t16-/m1/s1. The summed E-state index contributed by atoms with van der Waals surface area (Å²) in [5.74, 6) is 1.30. The molecular formula is C20H30N4O4. The van der Waals surface area contributed by atoms with Gasteiger partial charge < -0.3 is 24.6 Å². The van der Waals surface area contributed by atoms with Crippen molar-refractivity contribution < 1.29 is 19.1 Å². The van der Waals surface area contributed by atoms with Crippen LogP contribution in [0.3, 0.4) is 0 Å². The van der Waals surface area contributed by atoms with E-state index in [0.29, 0.717) is 31.1 Å². The zero-order valence-corrected chi connectivity index (χ0v) is 16.9. The minimum Gasteiger partial charge on any atom is -0.493 e. The van der Waals surface area contributed by atoms with Crippen molar-refractivity contribution in [3.05, 3.63) is 23.8 Å². The second-order valence-corrected chi connectivity index (χ2v) is 7.35. The smallest absolute Gasteiger partial charge is 0.237 e. The van der Waals surface area contributed by atoms with Crippen LogP contribution in [0.1, 0.15) is 12.0 Å². The predicted molar refractivity (Wildman–Crippen MR) is 105 cm³/mol. The molecule has 2 fully saturated rings. The first-order valence-corrected chi connectivity index (χ1v) is 9.70. The van der Waals surface area contributed by atoms with Crippen LogP contribution >= 0.6 is 0 Å². The van der Waals surface area contributed by atoms with Crippen LogP contribution in [0.5, 0.6) is 11.5 Å². The van der Waals surface area contributed by atoms with E-state index < -0.39 is 6.04 Å². The summed E-state index contributed by atoms with van der Waals surface area (Å²) in [6.07, 6.45) is 0.211. The number of nitrogens with zero attached hydrogens (tertiary/aromatic N) is 3. The van der Waals surface area contributed by atoms with E-state index in [4.69, 9.17) is 9.47 Å². The number of rotatable bonds is 6. The Labute approximate surface area is 166 Å². The zero-order valence-electron chi connectivity index (χ0n) is 16.9. The fourth-order valence-corrected chi connectivity index (χ4v) is 3.74. The van der Waals surface area contributed by atoms with Crippen LogP contribution in [-0.2, 0) is 16.1 Å². The molecule has 2 amide bonds. The minimum atomic E-state index is -0.450. The third kappa shape index (κ3) is 4.74. The molecule has 1 atom stereocenters. The van der Waals surface area contributed by atoms with Gasteiger partial charge in [-0.1, -0.05) is 6.07 Å². The van der Waals surface area contributed by atoms with E-state index in [1.807, 2.05) is 23.1 Å². The Bertz CT molecular complexity index is 703. The lowest BCUT2D eigenvalue weighted by Crippen LogP contribution is -2.57. The molecule has 2 aliphatic rings. The van der Waals surface area contributed by atoms with Gasteiger partial charge in [-0.3, -0.25) is 14.5 Å². The highest BCUT2D eigenvalue weighted by Gasteiger charge is 2.33. The lowest BCUT2D eigenvalue weighted by atomic mass is 10.1. The van der Waals surface area contributed by atoms with Crippen molar-refractivity contribution in [3.63, 3.8) is 0 Å². The molecule has 1 N–H and O–H groups in total. The van der Waals surface area contributed by atoms with Gasteiger partial charge in [0, 0.05) is 45.8 Å². The number of carbonyl (C=O) groups is 2. The summed E-state index contributed by atoms with van der Waals surface area (Å²) in [5, 5.41) is 2.90. The van der Waals surface area contributed by atoms with Gasteiger partial charge in [0.05, 0.1) is 26.7 Å². The molecule has 8 nitrogen and oxygen atoms in total. The molecule has 8 heteroatoms.